The highest BCUT2D eigenvalue weighted by Crippen LogP contribution is 2.33. The number of nitrogens with one attached hydrogen (secondary N) is 2. The lowest BCUT2D eigenvalue weighted by Crippen LogP contribution is -2.52. The van der Waals surface area contributed by atoms with Crippen LogP contribution in [0.25, 0.3) is 10.8 Å². The number of fused-ring (bicyclic) bond motifs is 2. The van der Waals surface area contributed by atoms with Gasteiger partial charge >= 0.3 is 0 Å². The molecule has 3 aromatic carbocycles. The van der Waals surface area contributed by atoms with Crippen LogP contribution >= 0.6 is 0 Å². The van der Waals surface area contributed by atoms with Crippen molar-refractivity contribution >= 4 is 34.6 Å². The van der Waals surface area contributed by atoms with Gasteiger partial charge in [-0.15, -0.1) is 0 Å². The maximum Gasteiger partial charge on any atom is 0.267 e. The first-order chi connectivity index (χ1) is 14.7. The summed E-state index contributed by atoms with van der Waals surface area (Å²) in [7, 11) is 0. The fraction of sp³-hybridized carbons (Fsp3) is 0.174. The number of benzene rings is 3. The fourth-order valence-electron chi connectivity index (χ4n) is 4.07. The van der Waals surface area contributed by atoms with Gasteiger partial charge in [0.1, 0.15) is 18.9 Å². The molecule has 2 amide bonds. The molecule has 0 spiro atoms. The molecule has 30 heavy (non-hydrogen) atoms. The van der Waals surface area contributed by atoms with E-state index in [4.69, 9.17) is 0 Å². The van der Waals surface area contributed by atoms with E-state index >= 15 is 0 Å². The molecule has 0 saturated carbocycles. The topological polar surface area (TPSA) is 77.0 Å². The number of hydrogen-bond acceptors (Lipinski definition) is 5. The summed E-state index contributed by atoms with van der Waals surface area (Å²) in [6, 6.07) is 23.2. The number of nitrogens with zero attached hydrogens (tertiary/aromatic N) is 3. The van der Waals surface area contributed by atoms with Gasteiger partial charge < -0.3 is 5.32 Å². The summed E-state index contributed by atoms with van der Waals surface area (Å²) < 4.78 is 0. The number of rotatable bonds is 4. The van der Waals surface area contributed by atoms with E-state index in [2.05, 4.69) is 40.1 Å². The smallest absolute Gasteiger partial charge is 0.267 e. The van der Waals surface area contributed by atoms with Crippen molar-refractivity contribution in [3.63, 3.8) is 0 Å². The molecule has 1 fully saturated rings. The Kier molecular flexibility index (Phi) is 4.65. The van der Waals surface area contributed by atoms with Crippen molar-refractivity contribution < 1.29 is 9.59 Å². The molecule has 0 aliphatic carbocycles. The van der Waals surface area contributed by atoms with Crippen LogP contribution in [-0.2, 0) is 9.59 Å². The van der Waals surface area contributed by atoms with Gasteiger partial charge in [-0.2, -0.15) is 5.10 Å². The third kappa shape index (κ3) is 3.40. The van der Waals surface area contributed by atoms with E-state index in [1.165, 1.54) is 15.8 Å². The highest BCUT2D eigenvalue weighted by Gasteiger charge is 2.41. The second kappa shape index (κ2) is 7.61. The average Bonchev–Trinajstić information content (AvgIpc) is 3.21. The quantitative estimate of drug-likeness (QED) is 0.707. The van der Waals surface area contributed by atoms with Crippen molar-refractivity contribution in [1.82, 2.24) is 15.4 Å². The van der Waals surface area contributed by atoms with Crippen LogP contribution in [0.5, 0.6) is 0 Å². The van der Waals surface area contributed by atoms with E-state index in [1.807, 2.05) is 36.4 Å². The normalized spacial score (nSPS) is 20.5. The van der Waals surface area contributed by atoms with Gasteiger partial charge in [0, 0.05) is 5.69 Å². The monoisotopic (exact) mass is 399 g/mol. The Morgan fingerprint density at radius 3 is 2.67 bits per heavy atom. The lowest BCUT2D eigenvalue weighted by molar-refractivity contribution is -0.139. The van der Waals surface area contributed by atoms with Crippen molar-refractivity contribution in [3.8, 4) is 0 Å². The van der Waals surface area contributed by atoms with Gasteiger partial charge in [0.2, 0.25) is 5.91 Å². The van der Waals surface area contributed by atoms with Crippen LogP contribution in [0.2, 0.25) is 0 Å². The second-order valence-electron chi connectivity index (χ2n) is 7.45. The Hall–Kier alpha value is -3.71. The fourth-order valence-corrected chi connectivity index (χ4v) is 4.07. The summed E-state index contributed by atoms with van der Waals surface area (Å²) in [5.74, 6) is -0.465. The number of hydrazone groups is 1. The largest absolute Gasteiger partial charge is 0.324 e. The molecule has 2 aliphatic rings. The Balaban J connectivity index is 1.30. The SMILES string of the molecule is O=C(CN1N=CN2NC(c3cccc4ccccc34)CC2C1=O)Nc1ccccc1. The van der Waals surface area contributed by atoms with Gasteiger partial charge in [-0.25, -0.2) is 10.4 Å². The van der Waals surface area contributed by atoms with Gasteiger partial charge in [0.05, 0.1) is 6.04 Å². The molecule has 7 nitrogen and oxygen atoms in total. The van der Waals surface area contributed by atoms with Gasteiger partial charge in [0.15, 0.2) is 0 Å². The van der Waals surface area contributed by atoms with Crippen molar-refractivity contribution in [3.05, 3.63) is 78.4 Å². The maximum absolute atomic E-state index is 13.0. The zero-order valence-electron chi connectivity index (χ0n) is 16.2. The van der Waals surface area contributed by atoms with Gasteiger partial charge in [-0.1, -0.05) is 60.7 Å². The number of carbonyl (C=O) groups excluding carboxylic acids is 2. The number of hydrazine groups is 1. The predicted octanol–water partition coefficient (Wildman–Crippen LogP) is 2.88. The van der Waals surface area contributed by atoms with Gasteiger partial charge in [-0.3, -0.25) is 14.6 Å². The minimum atomic E-state index is -0.393. The van der Waals surface area contributed by atoms with Crippen LogP contribution in [0.1, 0.15) is 18.0 Å². The first kappa shape index (κ1) is 18.3. The number of hydrogen-bond donors (Lipinski definition) is 2. The molecule has 2 heterocycles. The highest BCUT2D eigenvalue weighted by molar-refractivity contribution is 5.96. The van der Waals surface area contributed by atoms with Crippen molar-refractivity contribution in [2.24, 2.45) is 5.10 Å². The van der Waals surface area contributed by atoms with Crippen LogP contribution in [0, 0.1) is 0 Å². The van der Waals surface area contributed by atoms with E-state index < -0.39 is 6.04 Å². The lowest BCUT2D eigenvalue weighted by atomic mass is 9.96. The summed E-state index contributed by atoms with van der Waals surface area (Å²) >= 11 is 0. The summed E-state index contributed by atoms with van der Waals surface area (Å²) in [6.45, 7) is -0.118. The summed E-state index contributed by atoms with van der Waals surface area (Å²) in [4.78, 5) is 25.3. The molecule has 7 heteroatoms. The maximum atomic E-state index is 13.0. The molecular weight excluding hydrogens is 378 g/mol. The minimum absolute atomic E-state index is 0.00500. The van der Waals surface area contributed by atoms with Crippen LogP contribution < -0.4 is 10.7 Å². The third-order valence-electron chi connectivity index (χ3n) is 5.50. The summed E-state index contributed by atoms with van der Waals surface area (Å²) in [5.41, 5.74) is 5.22. The Morgan fingerprint density at radius 2 is 1.80 bits per heavy atom. The molecular formula is C23H21N5O2. The van der Waals surface area contributed by atoms with Crippen LogP contribution in [-0.4, -0.2) is 40.8 Å². The zero-order chi connectivity index (χ0) is 20.5. The molecule has 5 rings (SSSR count). The van der Waals surface area contributed by atoms with Crippen molar-refractivity contribution in [1.29, 1.82) is 0 Å². The highest BCUT2D eigenvalue weighted by atomic mass is 16.2. The summed E-state index contributed by atoms with van der Waals surface area (Å²) in [5, 5.41) is 12.3. The molecule has 0 bridgehead atoms. The van der Waals surface area contributed by atoms with E-state index in [0.29, 0.717) is 12.1 Å². The van der Waals surface area contributed by atoms with Crippen molar-refractivity contribution in [2.75, 3.05) is 11.9 Å². The number of para-hydroxylation sites is 1. The zero-order valence-corrected chi connectivity index (χ0v) is 16.2. The molecule has 2 N–H and O–H groups in total. The van der Waals surface area contributed by atoms with E-state index in [0.717, 1.165) is 5.56 Å². The van der Waals surface area contributed by atoms with E-state index in [9.17, 15) is 9.59 Å². The van der Waals surface area contributed by atoms with Crippen LogP contribution in [0.3, 0.4) is 0 Å². The number of amides is 2. The molecule has 2 aliphatic heterocycles. The predicted molar refractivity (Wildman–Crippen MR) is 115 cm³/mol. The Labute approximate surface area is 173 Å². The molecule has 2 unspecified atom stereocenters. The van der Waals surface area contributed by atoms with Crippen LogP contribution in [0.4, 0.5) is 5.69 Å². The Bertz CT molecular complexity index is 1130. The molecule has 1 saturated heterocycles. The summed E-state index contributed by atoms with van der Waals surface area (Å²) in [6.07, 6.45) is 2.20. The molecule has 150 valence electrons. The van der Waals surface area contributed by atoms with E-state index in [1.54, 1.807) is 23.5 Å². The number of anilines is 1. The molecule has 2 atom stereocenters. The van der Waals surface area contributed by atoms with Gasteiger partial charge in [0.25, 0.3) is 5.91 Å². The van der Waals surface area contributed by atoms with Crippen molar-refractivity contribution in [2.45, 2.75) is 18.5 Å². The second-order valence-corrected chi connectivity index (χ2v) is 7.45. The van der Waals surface area contributed by atoms with E-state index in [-0.39, 0.29) is 24.4 Å². The van der Waals surface area contributed by atoms with Crippen LogP contribution in [0.15, 0.2) is 77.9 Å². The lowest BCUT2D eigenvalue weighted by Gasteiger charge is -2.29. The van der Waals surface area contributed by atoms with Gasteiger partial charge in [-0.05, 0) is 34.9 Å². The standard InChI is InChI=1S/C23H21N5O2/c29-22(25-17-9-2-1-3-10-17)14-27-23(30)21-13-20(26-28(21)15-24-27)19-12-6-8-16-7-4-5-11-18(16)19/h1-12,15,20-21,26H,13-14H2,(H,25,29). The molecule has 0 aromatic heterocycles. The molecule has 3 aromatic rings. The molecule has 0 radical (unpaired) electrons. The average molecular weight is 399 g/mol. The first-order valence-electron chi connectivity index (χ1n) is 9.91. The Morgan fingerprint density at radius 1 is 1.03 bits per heavy atom. The first-order valence-corrected chi connectivity index (χ1v) is 9.91. The number of carbonyl (C=O) groups is 2. The minimum Gasteiger partial charge on any atom is -0.324 e. The third-order valence-corrected chi connectivity index (χ3v) is 5.50.